The van der Waals surface area contributed by atoms with Gasteiger partial charge in [-0.15, -0.1) is 17.9 Å². The van der Waals surface area contributed by atoms with Crippen LogP contribution in [0.4, 0.5) is 0 Å². The first-order valence-electron chi connectivity index (χ1n) is 7.43. The van der Waals surface area contributed by atoms with Crippen molar-refractivity contribution >= 4 is 17.3 Å². The molecule has 2 N–H and O–H groups in total. The highest BCUT2D eigenvalue weighted by atomic mass is 32.1. The highest BCUT2D eigenvalue weighted by Crippen LogP contribution is 2.11. The van der Waals surface area contributed by atoms with E-state index in [1.165, 1.54) is 4.88 Å². The van der Waals surface area contributed by atoms with Gasteiger partial charge in [0.05, 0.1) is 6.54 Å². The third-order valence-electron chi connectivity index (χ3n) is 3.62. The van der Waals surface area contributed by atoms with Gasteiger partial charge in [0.2, 0.25) is 0 Å². The molecular formula is C15H25N5S. The van der Waals surface area contributed by atoms with E-state index in [2.05, 4.69) is 39.0 Å². The molecule has 0 aromatic carbocycles. The van der Waals surface area contributed by atoms with E-state index in [-0.39, 0.29) is 0 Å². The lowest BCUT2D eigenvalue weighted by Gasteiger charge is -2.32. The molecule has 0 amide bonds. The molecule has 2 rings (SSSR count). The normalized spacial score (nSPS) is 17.7. The SMILES string of the molecule is C=CCN1CCC(NC(=NC)NCc2ncc(C)s2)CC1. The van der Waals surface area contributed by atoms with Crippen molar-refractivity contribution in [1.82, 2.24) is 20.5 Å². The number of aromatic nitrogens is 1. The van der Waals surface area contributed by atoms with Crippen LogP contribution < -0.4 is 10.6 Å². The molecular weight excluding hydrogens is 282 g/mol. The van der Waals surface area contributed by atoms with Crippen molar-refractivity contribution in [3.63, 3.8) is 0 Å². The van der Waals surface area contributed by atoms with Crippen LogP contribution in [0.15, 0.2) is 23.8 Å². The zero-order chi connectivity index (χ0) is 15.1. The van der Waals surface area contributed by atoms with Crippen LogP contribution in [0, 0.1) is 6.92 Å². The van der Waals surface area contributed by atoms with Crippen LogP contribution >= 0.6 is 11.3 Å². The number of likely N-dealkylation sites (tertiary alicyclic amines) is 1. The topological polar surface area (TPSA) is 52.5 Å². The van der Waals surface area contributed by atoms with Crippen LogP contribution in [0.25, 0.3) is 0 Å². The van der Waals surface area contributed by atoms with Crippen LogP contribution in [-0.2, 0) is 6.54 Å². The van der Waals surface area contributed by atoms with Gasteiger partial charge in [-0.25, -0.2) is 4.98 Å². The number of nitrogens with one attached hydrogen (secondary N) is 2. The van der Waals surface area contributed by atoms with Crippen molar-refractivity contribution < 1.29 is 0 Å². The fourth-order valence-electron chi connectivity index (χ4n) is 2.47. The summed E-state index contributed by atoms with van der Waals surface area (Å²) in [6.07, 6.45) is 6.17. The van der Waals surface area contributed by atoms with Gasteiger partial charge in [-0.2, -0.15) is 0 Å². The van der Waals surface area contributed by atoms with Gasteiger partial charge in [-0.1, -0.05) is 6.08 Å². The van der Waals surface area contributed by atoms with Crippen LogP contribution in [-0.4, -0.2) is 48.6 Å². The van der Waals surface area contributed by atoms with E-state index in [9.17, 15) is 0 Å². The van der Waals surface area contributed by atoms with E-state index in [4.69, 9.17) is 0 Å². The lowest BCUT2D eigenvalue weighted by atomic mass is 10.1. The standard InChI is InChI=1S/C15H25N5S/c1-4-7-20-8-5-13(6-9-20)19-15(16-3)18-11-14-17-10-12(2)21-14/h4,10,13H,1,5-9,11H2,2-3H3,(H2,16,18,19). The molecule has 0 bridgehead atoms. The van der Waals surface area contributed by atoms with Crippen LogP contribution in [0.3, 0.4) is 0 Å². The maximum atomic E-state index is 4.36. The van der Waals surface area contributed by atoms with Crippen LogP contribution in [0.2, 0.25) is 0 Å². The summed E-state index contributed by atoms with van der Waals surface area (Å²) in [6, 6.07) is 0.496. The summed E-state index contributed by atoms with van der Waals surface area (Å²) in [4.78, 5) is 12.3. The summed E-state index contributed by atoms with van der Waals surface area (Å²) in [5.41, 5.74) is 0. The van der Waals surface area contributed by atoms with Crippen molar-refractivity contribution in [2.45, 2.75) is 32.4 Å². The van der Waals surface area contributed by atoms with Crippen molar-refractivity contribution in [3.05, 3.63) is 28.7 Å². The smallest absolute Gasteiger partial charge is 0.191 e. The quantitative estimate of drug-likeness (QED) is 0.494. The summed E-state index contributed by atoms with van der Waals surface area (Å²) < 4.78 is 0. The number of hydrogen-bond donors (Lipinski definition) is 2. The number of hydrogen-bond acceptors (Lipinski definition) is 4. The number of aryl methyl sites for hydroxylation is 1. The van der Waals surface area contributed by atoms with Crippen molar-refractivity contribution in [3.8, 4) is 0 Å². The molecule has 1 aromatic rings. The fourth-order valence-corrected chi connectivity index (χ4v) is 3.20. The first-order chi connectivity index (χ1) is 10.2. The van der Waals surface area contributed by atoms with Crippen molar-refractivity contribution in [2.75, 3.05) is 26.7 Å². The molecule has 116 valence electrons. The molecule has 0 radical (unpaired) electrons. The Morgan fingerprint density at radius 2 is 2.33 bits per heavy atom. The highest BCUT2D eigenvalue weighted by Gasteiger charge is 2.19. The number of guanidine groups is 1. The third-order valence-corrected chi connectivity index (χ3v) is 4.53. The molecule has 1 aliphatic rings. The second-order valence-corrected chi connectivity index (χ2v) is 6.62. The lowest BCUT2D eigenvalue weighted by molar-refractivity contribution is 0.225. The minimum atomic E-state index is 0.496. The number of thiazole rings is 1. The Morgan fingerprint density at radius 3 is 2.90 bits per heavy atom. The largest absolute Gasteiger partial charge is 0.354 e. The molecule has 1 saturated heterocycles. The summed E-state index contributed by atoms with van der Waals surface area (Å²) in [5.74, 6) is 0.866. The Hall–Kier alpha value is -1.40. The fraction of sp³-hybridized carbons (Fsp3) is 0.600. The number of piperidine rings is 1. The molecule has 2 heterocycles. The van der Waals surface area contributed by atoms with E-state index < -0.39 is 0 Å². The zero-order valence-corrected chi connectivity index (χ0v) is 13.7. The number of aliphatic imine (C=N–C) groups is 1. The minimum Gasteiger partial charge on any atom is -0.354 e. The van der Waals surface area contributed by atoms with E-state index >= 15 is 0 Å². The van der Waals surface area contributed by atoms with Gasteiger partial charge in [0, 0.05) is 43.8 Å². The maximum Gasteiger partial charge on any atom is 0.191 e. The summed E-state index contributed by atoms with van der Waals surface area (Å²) in [5, 5.41) is 7.94. The number of nitrogens with zero attached hydrogens (tertiary/aromatic N) is 3. The van der Waals surface area contributed by atoms with Gasteiger partial charge in [0.25, 0.3) is 0 Å². The molecule has 0 spiro atoms. The molecule has 5 nitrogen and oxygen atoms in total. The predicted molar refractivity (Wildman–Crippen MR) is 89.8 cm³/mol. The second-order valence-electron chi connectivity index (χ2n) is 5.30. The average molecular weight is 307 g/mol. The minimum absolute atomic E-state index is 0.496. The monoisotopic (exact) mass is 307 g/mol. The maximum absolute atomic E-state index is 4.36. The van der Waals surface area contributed by atoms with E-state index in [1.54, 1.807) is 11.3 Å². The van der Waals surface area contributed by atoms with Gasteiger partial charge < -0.3 is 10.6 Å². The lowest BCUT2D eigenvalue weighted by Crippen LogP contribution is -2.48. The first kappa shape index (κ1) is 16.0. The Labute approximate surface area is 131 Å². The van der Waals surface area contributed by atoms with Crippen molar-refractivity contribution in [2.24, 2.45) is 4.99 Å². The zero-order valence-electron chi connectivity index (χ0n) is 12.9. The van der Waals surface area contributed by atoms with Crippen molar-refractivity contribution in [1.29, 1.82) is 0 Å². The molecule has 1 fully saturated rings. The Kier molecular flexibility index (Phi) is 6.20. The van der Waals surface area contributed by atoms with Gasteiger partial charge in [-0.3, -0.25) is 9.89 Å². The van der Waals surface area contributed by atoms with Gasteiger partial charge in [0.1, 0.15) is 5.01 Å². The Morgan fingerprint density at radius 1 is 1.57 bits per heavy atom. The molecule has 0 unspecified atom stereocenters. The Balaban J connectivity index is 1.74. The average Bonchev–Trinajstić information content (AvgIpc) is 2.91. The van der Waals surface area contributed by atoms with Gasteiger partial charge in [-0.05, 0) is 19.8 Å². The molecule has 1 aliphatic heterocycles. The molecule has 0 atom stereocenters. The number of rotatable bonds is 5. The molecule has 0 saturated carbocycles. The summed E-state index contributed by atoms with van der Waals surface area (Å²) >= 11 is 1.72. The third kappa shape index (κ3) is 5.13. The Bertz CT molecular complexity index is 474. The van der Waals surface area contributed by atoms with Gasteiger partial charge in [0.15, 0.2) is 5.96 Å². The van der Waals surface area contributed by atoms with E-state index in [1.807, 2.05) is 19.3 Å². The van der Waals surface area contributed by atoms with Gasteiger partial charge >= 0.3 is 0 Å². The predicted octanol–water partition coefficient (Wildman–Crippen LogP) is 1.77. The van der Waals surface area contributed by atoms with E-state index in [0.29, 0.717) is 6.04 Å². The summed E-state index contributed by atoms with van der Waals surface area (Å²) in [7, 11) is 1.81. The second kappa shape index (κ2) is 8.14. The first-order valence-corrected chi connectivity index (χ1v) is 8.24. The molecule has 1 aromatic heterocycles. The molecule has 0 aliphatic carbocycles. The highest BCUT2D eigenvalue weighted by molar-refractivity contribution is 7.11. The summed E-state index contributed by atoms with van der Waals surface area (Å²) in [6.45, 7) is 9.83. The van der Waals surface area contributed by atoms with E-state index in [0.717, 1.165) is 50.0 Å². The molecule has 21 heavy (non-hydrogen) atoms. The van der Waals surface area contributed by atoms with Crippen LogP contribution in [0.1, 0.15) is 22.7 Å². The molecule has 6 heteroatoms. The van der Waals surface area contributed by atoms with Crippen LogP contribution in [0.5, 0.6) is 0 Å².